The van der Waals surface area contributed by atoms with Crippen LogP contribution in [-0.4, -0.2) is 61.2 Å². The number of ether oxygens (including phenoxy) is 1. The van der Waals surface area contributed by atoms with Crippen LogP contribution in [-0.2, 0) is 10.0 Å². The van der Waals surface area contributed by atoms with Gasteiger partial charge in [-0.15, -0.1) is 10.2 Å². The molecule has 2 aromatic heterocycles. The van der Waals surface area contributed by atoms with E-state index in [0.717, 1.165) is 17.1 Å². The zero-order valence-corrected chi connectivity index (χ0v) is 17.7. The topological polar surface area (TPSA) is 88.5 Å². The summed E-state index contributed by atoms with van der Waals surface area (Å²) in [5, 5.41) is 8.58. The van der Waals surface area contributed by atoms with E-state index in [1.54, 1.807) is 31.5 Å². The molecule has 1 aliphatic rings. The third-order valence-corrected chi connectivity index (χ3v) is 7.04. The summed E-state index contributed by atoms with van der Waals surface area (Å²) in [6.45, 7) is 3.70. The summed E-state index contributed by atoms with van der Waals surface area (Å²) < 4.78 is 32.8. The van der Waals surface area contributed by atoms with Crippen LogP contribution in [0, 0.1) is 6.92 Å². The Labute approximate surface area is 176 Å². The summed E-state index contributed by atoms with van der Waals surface area (Å²) in [5.41, 5.74) is 2.26. The molecule has 1 aliphatic heterocycles. The van der Waals surface area contributed by atoms with E-state index in [1.807, 2.05) is 42.2 Å². The molecule has 0 saturated carbocycles. The molecule has 1 saturated heterocycles. The lowest BCUT2D eigenvalue weighted by Gasteiger charge is -2.34. The summed E-state index contributed by atoms with van der Waals surface area (Å²) in [5.74, 6) is 1.40. The van der Waals surface area contributed by atoms with Gasteiger partial charge in [-0.2, -0.15) is 4.31 Å². The highest BCUT2D eigenvalue weighted by Gasteiger charge is 2.29. The quantitative estimate of drug-likeness (QED) is 0.620. The molecular formula is C21H23N5O3S. The number of hydrogen-bond acceptors (Lipinski definition) is 7. The number of aryl methyl sites for hydroxylation is 1. The molecule has 0 spiro atoms. The van der Waals surface area contributed by atoms with Gasteiger partial charge in [-0.1, -0.05) is 6.07 Å². The van der Waals surface area contributed by atoms with E-state index >= 15 is 0 Å². The fourth-order valence-corrected chi connectivity index (χ4v) is 4.97. The maximum atomic E-state index is 13.0. The van der Waals surface area contributed by atoms with Crippen molar-refractivity contribution in [2.24, 2.45) is 0 Å². The molecule has 0 aliphatic carbocycles. The summed E-state index contributed by atoms with van der Waals surface area (Å²) >= 11 is 0. The van der Waals surface area contributed by atoms with Crippen molar-refractivity contribution < 1.29 is 13.2 Å². The molecule has 0 atom stereocenters. The van der Waals surface area contributed by atoms with Crippen molar-refractivity contribution in [3.8, 4) is 17.1 Å². The molecule has 0 N–H and O–H groups in total. The van der Waals surface area contributed by atoms with Crippen molar-refractivity contribution in [2.75, 3.05) is 38.2 Å². The summed E-state index contributed by atoms with van der Waals surface area (Å²) in [6.07, 6.45) is 1.72. The Hall–Kier alpha value is -3.04. The van der Waals surface area contributed by atoms with E-state index in [1.165, 1.54) is 4.31 Å². The van der Waals surface area contributed by atoms with Crippen molar-refractivity contribution in [1.29, 1.82) is 0 Å². The molecule has 1 aromatic carbocycles. The van der Waals surface area contributed by atoms with E-state index in [2.05, 4.69) is 15.2 Å². The van der Waals surface area contributed by atoms with Gasteiger partial charge in [0.2, 0.25) is 10.0 Å². The Balaban J connectivity index is 1.44. The number of piperazine rings is 1. The van der Waals surface area contributed by atoms with Crippen LogP contribution in [0.4, 0.5) is 5.82 Å². The second-order valence-electron chi connectivity index (χ2n) is 7.01. The number of benzene rings is 1. The molecule has 4 rings (SSSR count). The predicted molar refractivity (Wildman–Crippen MR) is 114 cm³/mol. The monoisotopic (exact) mass is 425 g/mol. The van der Waals surface area contributed by atoms with Crippen LogP contribution in [0.5, 0.6) is 5.75 Å². The maximum Gasteiger partial charge on any atom is 0.243 e. The highest BCUT2D eigenvalue weighted by atomic mass is 32.2. The van der Waals surface area contributed by atoms with Gasteiger partial charge >= 0.3 is 0 Å². The molecule has 9 heteroatoms. The summed E-state index contributed by atoms with van der Waals surface area (Å²) in [7, 11) is -1.98. The van der Waals surface area contributed by atoms with Gasteiger partial charge in [0, 0.05) is 32.4 Å². The number of nitrogens with zero attached hydrogens (tertiary/aromatic N) is 5. The molecule has 0 bridgehead atoms. The first-order chi connectivity index (χ1) is 14.5. The Morgan fingerprint density at radius 1 is 0.933 bits per heavy atom. The Bertz CT molecular complexity index is 1110. The van der Waals surface area contributed by atoms with Crippen LogP contribution in [0.2, 0.25) is 0 Å². The normalized spacial score (nSPS) is 15.2. The minimum Gasteiger partial charge on any atom is -0.496 e. The number of sulfonamides is 1. The molecule has 0 radical (unpaired) electrons. The van der Waals surface area contributed by atoms with Gasteiger partial charge in [0.05, 0.1) is 17.7 Å². The SMILES string of the molecule is COc1ccc(S(=O)(=O)N2CCN(c3ccc(-c4ccccn4)nn3)CC2)cc1C. The van der Waals surface area contributed by atoms with Crippen molar-refractivity contribution in [2.45, 2.75) is 11.8 Å². The molecular weight excluding hydrogens is 402 g/mol. The minimum atomic E-state index is -3.55. The lowest BCUT2D eigenvalue weighted by atomic mass is 10.2. The average Bonchev–Trinajstić information content (AvgIpc) is 2.80. The molecule has 3 aromatic rings. The lowest BCUT2D eigenvalue weighted by molar-refractivity contribution is 0.383. The van der Waals surface area contributed by atoms with E-state index in [0.29, 0.717) is 37.6 Å². The fourth-order valence-electron chi connectivity index (χ4n) is 3.46. The first kappa shape index (κ1) is 20.2. The third-order valence-electron chi connectivity index (χ3n) is 5.14. The van der Waals surface area contributed by atoms with E-state index in [9.17, 15) is 8.42 Å². The van der Waals surface area contributed by atoms with Crippen LogP contribution >= 0.6 is 0 Å². The van der Waals surface area contributed by atoms with Gasteiger partial charge in [0.25, 0.3) is 0 Å². The van der Waals surface area contributed by atoms with Crippen molar-refractivity contribution in [3.05, 3.63) is 60.3 Å². The Morgan fingerprint density at radius 2 is 1.73 bits per heavy atom. The smallest absolute Gasteiger partial charge is 0.243 e. The van der Waals surface area contributed by atoms with Crippen molar-refractivity contribution >= 4 is 15.8 Å². The number of hydrogen-bond donors (Lipinski definition) is 0. The van der Waals surface area contributed by atoms with Crippen LogP contribution in [0.1, 0.15) is 5.56 Å². The average molecular weight is 426 g/mol. The molecule has 0 unspecified atom stereocenters. The summed E-state index contributed by atoms with van der Waals surface area (Å²) in [4.78, 5) is 6.60. The molecule has 1 fully saturated rings. The van der Waals surface area contributed by atoms with Crippen molar-refractivity contribution in [1.82, 2.24) is 19.5 Å². The molecule has 30 heavy (non-hydrogen) atoms. The number of anilines is 1. The largest absolute Gasteiger partial charge is 0.496 e. The molecule has 156 valence electrons. The highest BCUT2D eigenvalue weighted by Crippen LogP contribution is 2.25. The fraction of sp³-hybridized carbons (Fsp3) is 0.286. The van der Waals surface area contributed by atoms with Gasteiger partial charge in [-0.25, -0.2) is 8.42 Å². The van der Waals surface area contributed by atoms with E-state index < -0.39 is 10.0 Å². The number of aromatic nitrogens is 3. The number of rotatable bonds is 5. The minimum absolute atomic E-state index is 0.286. The van der Waals surface area contributed by atoms with Gasteiger partial charge in [0.1, 0.15) is 11.4 Å². The van der Waals surface area contributed by atoms with Gasteiger partial charge in [-0.05, 0) is 55.0 Å². The number of methoxy groups -OCH3 is 1. The van der Waals surface area contributed by atoms with Gasteiger partial charge < -0.3 is 9.64 Å². The third kappa shape index (κ3) is 3.99. The zero-order valence-electron chi connectivity index (χ0n) is 16.9. The predicted octanol–water partition coefficient (Wildman–Crippen LogP) is 2.37. The Kier molecular flexibility index (Phi) is 5.65. The second kappa shape index (κ2) is 8.37. The van der Waals surface area contributed by atoms with Crippen LogP contribution in [0.15, 0.2) is 59.6 Å². The van der Waals surface area contributed by atoms with Gasteiger partial charge in [-0.3, -0.25) is 4.98 Å². The van der Waals surface area contributed by atoms with Crippen LogP contribution in [0.25, 0.3) is 11.4 Å². The standard InChI is InChI=1S/C21H23N5O3S/c1-16-15-17(6-8-20(16)29-2)30(27,28)26-13-11-25(12-14-26)21-9-7-19(23-24-21)18-5-3-4-10-22-18/h3-10,15H,11-14H2,1-2H3. The zero-order chi connectivity index (χ0) is 21.1. The first-order valence-corrected chi connectivity index (χ1v) is 11.1. The second-order valence-corrected chi connectivity index (χ2v) is 8.95. The van der Waals surface area contributed by atoms with Crippen LogP contribution < -0.4 is 9.64 Å². The van der Waals surface area contributed by atoms with Crippen molar-refractivity contribution in [3.63, 3.8) is 0 Å². The maximum absolute atomic E-state index is 13.0. The number of pyridine rings is 1. The molecule has 8 nitrogen and oxygen atoms in total. The molecule has 3 heterocycles. The summed E-state index contributed by atoms with van der Waals surface area (Å²) in [6, 6.07) is 14.4. The highest BCUT2D eigenvalue weighted by molar-refractivity contribution is 7.89. The Morgan fingerprint density at radius 3 is 2.33 bits per heavy atom. The first-order valence-electron chi connectivity index (χ1n) is 9.64. The van der Waals surface area contributed by atoms with E-state index in [4.69, 9.17) is 4.74 Å². The van der Waals surface area contributed by atoms with Gasteiger partial charge in [0.15, 0.2) is 5.82 Å². The van der Waals surface area contributed by atoms with Crippen LogP contribution in [0.3, 0.4) is 0 Å². The lowest BCUT2D eigenvalue weighted by Crippen LogP contribution is -2.49. The molecule has 0 amide bonds. The van der Waals surface area contributed by atoms with E-state index in [-0.39, 0.29) is 4.90 Å².